The van der Waals surface area contributed by atoms with Gasteiger partial charge in [-0.05, 0) is 115 Å². The van der Waals surface area contributed by atoms with Gasteiger partial charge in [0.25, 0.3) is 0 Å². The molecular weight excluding hydrogens is 940 g/mol. The van der Waals surface area contributed by atoms with Crippen molar-refractivity contribution in [2.45, 2.75) is 63.5 Å². The van der Waals surface area contributed by atoms with E-state index < -0.39 is 0 Å². The van der Waals surface area contributed by atoms with Crippen molar-refractivity contribution >= 4 is 112 Å². The second-order valence-corrected chi connectivity index (χ2v) is 21.8. The maximum Gasteiger partial charge on any atom is 0.228 e. The number of amides is 2. The average molecular weight is 992 g/mol. The molecule has 2 aliphatic carbocycles. The van der Waals surface area contributed by atoms with Crippen molar-refractivity contribution in [2.75, 3.05) is 65.0 Å². The number of likely N-dealkylation sites (N-methyl/N-ethyl adjacent to an activating group) is 2. The van der Waals surface area contributed by atoms with E-state index in [1.54, 1.807) is 56.5 Å². The minimum Gasteiger partial charge on any atom is -0.341 e. The summed E-state index contributed by atoms with van der Waals surface area (Å²) in [4.78, 5) is 58.1. The van der Waals surface area contributed by atoms with Gasteiger partial charge in [0.2, 0.25) is 23.7 Å². The van der Waals surface area contributed by atoms with E-state index in [4.69, 9.17) is 33.2 Å². The Balaban J connectivity index is 0.000000149. The zero-order valence-corrected chi connectivity index (χ0v) is 41.5. The van der Waals surface area contributed by atoms with Crippen LogP contribution in [0.1, 0.15) is 46.6 Å². The van der Waals surface area contributed by atoms with E-state index in [-0.39, 0.29) is 11.8 Å². The maximum absolute atomic E-state index is 13.2. The van der Waals surface area contributed by atoms with Crippen LogP contribution >= 0.6 is 45.9 Å². The van der Waals surface area contributed by atoms with Gasteiger partial charge in [-0.2, -0.15) is 10.2 Å². The maximum atomic E-state index is 13.2. The van der Waals surface area contributed by atoms with Gasteiger partial charge in [0.15, 0.2) is 0 Å². The average Bonchev–Trinajstić information content (AvgIpc) is 4.20. The van der Waals surface area contributed by atoms with Crippen molar-refractivity contribution in [3.8, 4) is 0 Å². The van der Waals surface area contributed by atoms with E-state index in [0.29, 0.717) is 45.8 Å². The predicted molar refractivity (Wildman–Crippen MR) is 270 cm³/mol. The van der Waals surface area contributed by atoms with Crippen LogP contribution in [-0.4, -0.2) is 137 Å². The first kappa shape index (κ1) is 45.0. The molecule has 0 aromatic carbocycles. The molecule has 0 spiro atoms. The molecule has 0 bridgehead atoms. The van der Waals surface area contributed by atoms with E-state index in [2.05, 4.69) is 78.6 Å². The third kappa shape index (κ3) is 8.75. The van der Waals surface area contributed by atoms with Crippen molar-refractivity contribution < 1.29 is 9.59 Å². The molecule has 4 aliphatic rings. The molecule has 2 unspecified atom stereocenters. The highest BCUT2D eigenvalue weighted by Crippen LogP contribution is 2.41. The number of carbonyl (C=O) groups is 2. The molecule has 12 rings (SSSR count). The minimum atomic E-state index is 0.0632. The van der Waals surface area contributed by atoms with Crippen molar-refractivity contribution in [3.63, 3.8) is 0 Å². The van der Waals surface area contributed by atoms with E-state index >= 15 is 0 Å². The molecule has 8 aromatic heterocycles. The smallest absolute Gasteiger partial charge is 0.228 e. The first-order valence-electron chi connectivity index (χ1n) is 23.2. The zero-order chi connectivity index (χ0) is 46.8. The van der Waals surface area contributed by atoms with Crippen molar-refractivity contribution in [1.29, 1.82) is 0 Å². The number of hydrogen-bond donors (Lipinski definition) is 2. The minimum absolute atomic E-state index is 0.0632. The van der Waals surface area contributed by atoms with Gasteiger partial charge in [0, 0.05) is 108 Å². The summed E-state index contributed by atoms with van der Waals surface area (Å²) in [5.74, 6) is 1.77. The van der Waals surface area contributed by atoms with Crippen LogP contribution in [0.2, 0.25) is 10.0 Å². The van der Waals surface area contributed by atoms with Crippen LogP contribution in [0.25, 0.3) is 31.5 Å². The second-order valence-electron chi connectivity index (χ2n) is 18.8. The molecule has 352 valence electrons. The Bertz CT molecular complexity index is 3010. The number of hydrogen-bond acceptors (Lipinski definition) is 14. The Hall–Kier alpha value is -5.50. The molecule has 2 amide bonds. The number of halogens is 2. The Labute approximate surface area is 411 Å². The fourth-order valence-electron chi connectivity index (χ4n) is 10.2. The molecule has 8 aromatic rings. The molecule has 2 N–H and O–H groups in total. The predicted octanol–water partition coefficient (Wildman–Crippen LogP) is 8.01. The normalized spacial score (nSPS) is 20.4. The first-order chi connectivity index (χ1) is 32.9. The van der Waals surface area contributed by atoms with Gasteiger partial charge >= 0.3 is 0 Å². The van der Waals surface area contributed by atoms with E-state index in [0.717, 1.165) is 120 Å². The van der Waals surface area contributed by atoms with Crippen LogP contribution in [0.15, 0.2) is 61.4 Å². The monoisotopic (exact) mass is 990 g/mol. The SMILES string of the molecule is CN(C)[C@@H]1CCN(C(=O)C2CCc3c(sc4nc(Nc5cc6ccnn6cc5Cl)ncc34)C2)C1.CN(C)[C@H]1CCN(C(=O)C2CCc3c(sc4nc(Nc5cc6ccnn6cc5Cl)ncc34)C2)C1. The third-order valence-corrected chi connectivity index (χ3v) is 17.1. The molecule has 2 aliphatic heterocycles. The number of aromatic nitrogens is 8. The molecule has 2 saturated heterocycles. The second kappa shape index (κ2) is 18.4. The lowest BCUT2D eigenvalue weighted by Crippen LogP contribution is -2.39. The summed E-state index contributed by atoms with van der Waals surface area (Å²) < 4.78 is 3.46. The Morgan fingerprint density at radius 3 is 1.51 bits per heavy atom. The highest BCUT2D eigenvalue weighted by Gasteiger charge is 2.36. The fraction of sp³-hybridized carbons (Fsp3) is 0.417. The van der Waals surface area contributed by atoms with Gasteiger partial charge in [0.05, 0.1) is 32.5 Å². The van der Waals surface area contributed by atoms with Gasteiger partial charge in [-0.3, -0.25) is 9.59 Å². The number of thiophene rings is 2. The highest BCUT2D eigenvalue weighted by atomic mass is 35.5. The lowest BCUT2D eigenvalue weighted by Gasteiger charge is -2.27. The van der Waals surface area contributed by atoms with Crippen LogP contribution < -0.4 is 10.6 Å². The molecule has 16 nitrogen and oxygen atoms in total. The fourth-order valence-corrected chi connectivity index (χ4v) is 13.2. The summed E-state index contributed by atoms with van der Waals surface area (Å²) in [6.07, 6.45) is 18.1. The van der Waals surface area contributed by atoms with Gasteiger partial charge in [-0.1, -0.05) is 23.2 Å². The number of nitrogens with one attached hydrogen (secondary N) is 2. The molecular formula is C48H52Cl2N14O2S2. The Morgan fingerprint density at radius 1 is 0.662 bits per heavy atom. The summed E-state index contributed by atoms with van der Waals surface area (Å²) in [5, 5.41) is 18.2. The summed E-state index contributed by atoms with van der Waals surface area (Å²) in [5.41, 5.74) is 5.96. The summed E-state index contributed by atoms with van der Waals surface area (Å²) in [6, 6.07) is 8.63. The third-order valence-electron chi connectivity index (χ3n) is 14.2. The topological polar surface area (TPSA) is 157 Å². The van der Waals surface area contributed by atoms with Crippen LogP contribution in [0.4, 0.5) is 23.3 Å². The molecule has 0 radical (unpaired) electrons. The molecule has 0 saturated carbocycles. The number of aryl methyl sites for hydroxylation is 2. The molecule has 68 heavy (non-hydrogen) atoms. The molecule has 4 atom stereocenters. The summed E-state index contributed by atoms with van der Waals surface area (Å²) >= 11 is 16.2. The van der Waals surface area contributed by atoms with Crippen LogP contribution in [0.3, 0.4) is 0 Å². The van der Waals surface area contributed by atoms with Gasteiger partial charge in [0.1, 0.15) is 9.66 Å². The number of pyridine rings is 2. The number of nitrogens with zero attached hydrogens (tertiary/aromatic N) is 12. The number of rotatable bonds is 8. The highest BCUT2D eigenvalue weighted by molar-refractivity contribution is 7.19. The van der Waals surface area contributed by atoms with Crippen molar-refractivity contribution in [1.82, 2.24) is 58.8 Å². The number of fused-ring (bicyclic) bond motifs is 8. The van der Waals surface area contributed by atoms with Crippen LogP contribution in [0.5, 0.6) is 0 Å². The quantitative estimate of drug-likeness (QED) is 0.152. The van der Waals surface area contributed by atoms with Crippen LogP contribution in [-0.2, 0) is 35.3 Å². The van der Waals surface area contributed by atoms with Gasteiger partial charge < -0.3 is 30.2 Å². The number of likely N-dealkylation sites (tertiary alicyclic amines) is 2. The number of anilines is 4. The largest absolute Gasteiger partial charge is 0.341 e. The van der Waals surface area contributed by atoms with Gasteiger partial charge in [-0.15, -0.1) is 22.7 Å². The van der Waals surface area contributed by atoms with Crippen molar-refractivity contribution in [2.24, 2.45) is 11.8 Å². The Morgan fingerprint density at radius 2 is 1.10 bits per heavy atom. The van der Waals surface area contributed by atoms with Crippen molar-refractivity contribution in [3.05, 3.63) is 92.4 Å². The van der Waals surface area contributed by atoms with E-state index in [1.807, 2.05) is 36.7 Å². The van der Waals surface area contributed by atoms with E-state index in [9.17, 15) is 9.59 Å². The number of carbonyl (C=O) groups excluding carboxylic acids is 2. The summed E-state index contributed by atoms with van der Waals surface area (Å²) in [7, 11) is 8.38. The summed E-state index contributed by atoms with van der Waals surface area (Å²) in [6.45, 7) is 3.42. The standard InChI is InChI=1S/2C24H26ClN7OS/c2*1-30(2)16-6-8-31(12-16)23(33)14-3-4-17-18-11-26-24(29-22(18)34-21(17)9-14)28-20-10-15-5-7-27-32(15)13-19(20)25/h2*5,7,10-11,13-14,16H,3-4,6,8-9,12H2,1-2H3,(H,26,28,29)/t2*14?,16-/m10/s1. The first-order valence-corrected chi connectivity index (χ1v) is 25.6. The molecule has 10 heterocycles. The zero-order valence-electron chi connectivity index (χ0n) is 38.3. The molecule has 2 fully saturated rings. The van der Waals surface area contributed by atoms with Crippen LogP contribution in [0, 0.1) is 11.8 Å². The van der Waals surface area contributed by atoms with E-state index in [1.165, 1.54) is 20.9 Å². The lowest BCUT2D eigenvalue weighted by molar-refractivity contribution is -0.135. The molecule has 20 heteroatoms. The lowest BCUT2D eigenvalue weighted by atomic mass is 9.87. The van der Waals surface area contributed by atoms with Gasteiger partial charge in [-0.25, -0.2) is 29.0 Å². The Kier molecular flexibility index (Phi) is 12.2.